The third-order valence-corrected chi connectivity index (χ3v) is 6.10. The number of unbranched alkanes of at least 4 members (excludes halogenated alkanes) is 1. The molecule has 9 heteroatoms. The number of thiophene rings is 1. The normalized spacial score (nSPS) is 11.4. The Morgan fingerprint density at radius 2 is 1.97 bits per heavy atom. The Labute approximate surface area is 176 Å². The van der Waals surface area contributed by atoms with Gasteiger partial charge in [-0.15, -0.1) is 16.4 Å². The summed E-state index contributed by atoms with van der Waals surface area (Å²) in [6, 6.07) is 7.38. The molecule has 4 rings (SSSR count). The average molecular weight is 426 g/mol. The van der Waals surface area contributed by atoms with Crippen molar-refractivity contribution >= 4 is 38.9 Å². The van der Waals surface area contributed by atoms with E-state index in [1.807, 2.05) is 39.0 Å². The molecule has 0 radical (unpaired) electrons. The number of anilines is 1. The molecular formula is C21H23N5O3S. The van der Waals surface area contributed by atoms with Crippen LogP contribution in [0.5, 0.6) is 0 Å². The molecule has 156 valence electrons. The summed E-state index contributed by atoms with van der Waals surface area (Å²) in [5.41, 5.74) is 2.80. The highest BCUT2D eigenvalue weighted by Gasteiger charge is 2.19. The van der Waals surface area contributed by atoms with Gasteiger partial charge in [-0.05, 0) is 55.0 Å². The number of fused-ring (bicyclic) bond motifs is 3. The van der Waals surface area contributed by atoms with Gasteiger partial charge in [-0.2, -0.15) is 0 Å². The number of hydrogen-bond donors (Lipinski definition) is 1. The van der Waals surface area contributed by atoms with Crippen LogP contribution in [-0.2, 0) is 17.9 Å². The van der Waals surface area contributed by atoms with E-state index in [-0.39, 0.29) is 23.8 Å². The molecule has 0 spiro atoms. The molecule has 8 nitrogen and oxygen atoms in total. The fourth-order valence-electron chi connectivity index (χ4n) is 3.41. The van der Waals surface area contributed by atoms with Crippen LogP contribution in [0.2, 0.25) is 0 Å². The van der Waals surface area contributed by atoms with Crippen LogP contribution >= 0.6 is 11.3 Å². The largest absolute Gasteiger partial charge is 0.352 e. The molecule has 0 fully saturated rings. The van der Waals surface area contributed by atoms with Crippen LogP contribution < -0.4 is 16.6 Å². The SMILES string of the molecule is CCCCn1c(=O)c2sccc2n2c(=O)n(CC(=O)Nc3ccc(C)c(C)c3)nc12. The molecule has 1 amide bonds. The number of rotatable bonds is 6. The number of hydrogen-bond acceptors (Lipinski definition) is 5. The zero-order valence-corrected chi connectivity index (χ0v) is 18.0. The monoisotopic (exact) mass is 425 g/mol. The van der Waals surface area contributed by atoms with Gasteiger partial charge < -0.3 is 5.32 Å². The molecule has 0 bridgehead atoms. The third-order valence-electron chi connectivity index (χ3n) is 5.21. The molecule has 0 atom stereocenters. The van der Waals surface area contributed by atoms with Crippen molar-refractivity contribution in [2.75, 3.05) is 5.32 Å². The van der Waals surface area contributed by atoms with E-state index in [1.165, 1.54) is 20.3 Å². The highest BCUT2D eigenvalue weighted by Crippen LogP contribution is 2.18. The van der Waals surface area contributed by atoms with Gasteiger partial charge in [-0.3, -0.25) is 14.2 Å². The van der Waals surface area contributed by atoms with E-state index in [1.54, 1.807) is 11.4 Å². The lowest BCUT2D eigenvalue weighted by molar-refractivity contribution is -0.117. The number of amides is 1. The summed E-state index contributed by atoms with van der Waals surface area (Å²) in [4.78, 5) is 38.5. The van der Waals surface area contributed by atoms with E-state index >= 15 is 0 Å². The van der Waals surface area contributed by atoms with Gasteiger partial charge in [0.1, 0.15) is 11.2 Å². The van der Waals surface area contributed by atoms with Gasteiger partial charge in [0.15, 0.2) is 0 Å². The molecule has 3 aromatic heterocycles. The molecule has 30 heavy (non-hydrogen) atoms. The summed E-state index contributed by atoms with van der Waals surface area (Å²) in [5.74, 6) is -0.0869. The van der Waals surface area contributed by atoms with E-state index < -0.39 is 5.69 Å². The van der Waals surface area contributed by atoms with Crippen molar-refractivity contribution in [3.05, 3.63) is 61.6 Å². The van der Waals surface area contributed by atoms with Crippen molar-refractivity contribution in [2.24, 2.45) is 0 Å². The molecule has 0 saturated heterocycles. The van der Waals surface area contributed by atoms with E-state index in [2.05, 4.69) is 10.4 Å². The maximum atomic E-state index is 13.0. The van der Waals surface area contributed by atoms with Gasteiger partial charge in [-0.1, -0.05) is 19.4 Å². The molecular weight excluding hydrogens is 402 g/mol. The van der Waals surface area contributed by atoms with Crippen LogP contribution in [0.1, 0.15) is 30.9 Å². The molecule has 1 N–H and O–H groups in total. The van der Waals surface area contributed by atoms with Gasteiger partial charge in [0.05, 0.1) is 5.52 Å². The summed E-state index contributed by atoms with van der Waals surface area (Å²) in [7, 11) is 0. The second-order valence-corrected chi connectivity index (χ2v) is 8.28. The Morgan fingerprint density at radius 1 is 1.17 bits per heavy atom. The van der Waals surface area contributed by atoms with Gasteiger partial charge >= 0.3 is 5.69 Å². The first-order chi connectivity index (χ1) is 14.4. The zero-order valence-electron chi connectivity index (χ0n) is 17.1. The van der Waals surface area contributed by atoms with Crippen LogP contribution in [0.4, 0.5) is 5.69 Å². The fraction of sp³-hybridized carbons (Fsp3) is 0.333. The molecule has 0 unspecified atom stereocenters. The van der Waals surface area contributed by atoms with Gasteiger partial charge in [0.2, 0.25) is 11.7 Å². The minimum Gasteiger partial charge on any atom is -0.324 e. The molecule has 0 aliphatic heterocycles. The van der Waals surface area contributed by atoms with Crippen LogP contribution in [0.3, 0.4) is 0 Å². The number of aryl methyl sites for hydroxylation is 3. The lowest BCUT2D eigenvalue weighted by Crippen LogP contribution is -2.29. The summed E-state index contributed by atoms with van der Waals surface area (Å²) in [5, 5.41) is 8.93. The van der Waals surface area contributed by atoms with Crippen LogP contribution in [0, 0.1) is 13.8 Å². The molecule has 0 aliphatic carbocycles. The van der Waals surface area contributed by atoms with Crippen molar-refractivity contribution in [3.63, 3.8) is 0 Å². The highest BCUT2D eigenvalue weighted by atomic mass is 32.1. The molecule has 1 aromatic carbocycles. The van der Waals surface area contributed by atoms with Crippen molar-refractivity contribution in [2.45, 2.75) is 46.7 Å². The highest BCUT2D eigenvalue weighted by molar-refractivity contribution is 7.17. The first-order valence-corrected chi connectivity index (χ1v) is 10.8. The van der Waals surface area contributed by atoms with Gasteiger partial charge in [0, 0.05) is 12.2 Å². The molecule has 4 aromatic rings. The molecule has 0 aliphatic rings. The average Bonchev–Trinajstić information content (AvgIpc) is 3.30. The van der Waals surface area contributed by atoms with Crippen LogP contribution in [-0.4, -0.2) is 24.7 Å². The maximum Gasteiger partial charge on any atom is 0.352 e. The van der Waals surface area contributed by atoms with Crippen molar-refractivity contribution in [1.82, 2.24) is 18.7 Å². The Hall–Kier alpha value is -3.20. The lowest BCUT2D eigenvalue weighted by atomic mass is 10.1. The van der Waals surface area contributed by atoms with Crippen molar-refractivity contribution < 1.29 is 4.79 Å². The fourth-order valence-corrected chi connectivity index (χ4v) is 4.23. The topological polar surface area (TPSA) is 90.4 Å². The Morgan fingerprint density at radius 3 is 2.70 bits per heavy atom. The standard InChI is InChI=1S/C21H23N5O3S/c1-4-5-9-24-19(28)18-16(8-10-30-18)26-20(24)23-25(21(26)29)12-17(27)22-15-7-6-13(2)14(3)11-15/h6-8,10-11H,4-5,9,12H2,1-3H3,(H,22,27). The third kappa shape index (κ3) is 3.45. The Bertz CT molecular complexity index is 1380. The second kappa shape index (κ2) is 7.91. The summed E-state index contributed by atoms with van der Waals surface area (Å²) in [6.07, 6.45) is 1.70. The van der Waals surface area contributed by atoms with E-state index in [4.69, 9.17) is 0 Å². The second-order valence-electron chi connectivity index (χ2n) is 7.37. The lowest BCUT2D eigenvalue weighted by Gasteiger charge is -2.07. The number of nitrogens with one attached hydrogen (secondary N) is 1. The van der Waals surface area contributed by atoms with Crippen molar-refractivity contribution in [3.8, 4) is 0 Å². The number of aromatic nitrogens is 4. The number of nitrogens with zero attached hydrogens (tertiary/aromatic N) is 4. The van der Waals surface area contributed by atoms with E-state index in [0.29, 0.717) is 22.4 Å². The quantitative estimate of drug-likeness (QED) is 0.514. The predicted molar refractivity (Wildman–Crippen MR) is 119 cm³/mol. The van der Waals surface area contributed by atoms with Crippen LogP contribution in [0.25, 0.3) is 16.0 Å². The predicted octanol–water partition coefficient (Wildman–Crippen LogP) is 2.93. The van der Waals surface area contributed by atoms with Gasteiger partial charge in [0.25, 0.3) is 5.56 Å². The molecule has 3 heterocycles. The van der Waals surface area contributed by atoms with E-state index in [9.17, 15) is 14.4 Å². The van der Waals surface area contributed by atoms with Crippen molar-refractivity contribution in [1.29, 1.82) is 0 Å². The summed E-state index contributed by atoms with van der Waals surface area (Å²) >= 11 is 1.30. The summed E-state index contributed by atoms with van der Waals surface area (Å²) < 4.78 is 4.58. The molecule has 0 saturated carbocycles. The number of carbonyl (C=O) groups excluding carboxylic acids is 1. The number of benzene rings is 1. The minimum absolute atomic E-state index is 0.155. The van der Waals surface area contributed by atoms with E-state index in [0.717, 1.165) is 28.7 Å². The zero-order chi connectivity index (χ0) is 21.4. The first kappa shape index (κ1) is 20.1. The van der Waals surface area contributed by atoms with Gasteiger partial charge in [-0.25, -0.2) is 13.9 Å². The first-order valence-electron chi connectivity index (χ1n) is 9.87. The minimum atomic E-state index is -0.436. The maximum absolute atomic E-state index is 13.0. The Kier molecular flexibility index (Phi) is 5.29. The Balaban J connectivity index is 1.73. The smallest absolute Gasteiger partial charge is 0.324 e. The number of carbonyl (C=O) groups is 1. The van der Waals surface area contributed by atoms with Crippen LogP contribution in [0.15, 0.2) is 39.2 Å². The summed E-state index contributed by atoms with van der Waals surface area (Å²) in [6.45, 7) is 6.24.